The van der Waals surface area contributed by atoms with Crippen molar-refractivity contribution < 1.29 is 4.39 Å². The standard InChI is InChI=1S/C16H25FN2/c1-4-13-7-9-19(10-8-13)16-6-5-14(17)11-15(16)12(2)18-3/h5-6,11-13,18H,4,7-10H2,1-3H3. The van der Waals surface area contributed by atoms with Crippen LogP contribution in [-0.2, 0) is 0 Å². The molecule has 1 aliphatic rings. The average molecular weight is 264 g/mol. The molecule has 1 aromatic carbocycles. The highest BCUT2D eigenvalue weighted by molar-refractivity contribution is 5.55. The summed E-state index contributed by atoms with van der Waals surface area (Å²) in [6.07, 6.45) is 3.78. The SMILES string of the molecule is CCC1CCN(c2ccc(F)cc2C(C)NC)CC1. The van der Waals surface area contributed by atoms with Crippen LogP contribution in [0.4, 0.5) is 10.1 Å². The molecule has 2 rings (SSSR count). The molecule has 0 aromatic heterocycles. The molecular formula is C16H25FN2. The third-order valence-corrected chi connectivity index (χ3v) is 4.42. The molecule has 106 valence electrons. The second-order valence-corrected chi connectivity index (χ2v) is 5.55. The molecule has 0 bridgehead atoms. The largest absolute Gasteiger partial charge is 0.371 e. The smallest absolute Gasteiger partial charge is 0.123 e. The Balaban J connectivity index is 2.20. The summed E-state index contributed by atoms with van der Waals surface area (Å²) in [4.78, 5) is 2.41. The topological polar surface area (TPSA) is 15.3 Å². The van der Waals surface area contributed by atoms with E-state index in [-0.39, 0.29) is 11.9 Å². The number of hydrogen-bond acceptors (Lipinski definition) is 2. The zero-order valence-corrected chi connectivity index (χ0v) is 12.2. The first kappa shape index (κ1) is 14.3. The van der Waals surface area contributed by atoms with Crippen LogP contribution >= 0.6 is 0 Å². The Morgan fingerprint density at radius 3 is 2.63 bits per heavy atom. The van der Waals surface area contributed by atoms with E-state index in [1.54, 1.807) is 12.1 Å². The van der Waals surface area contributed by atoms with E-state index in [2.05, 4.69) is 24.1 Å². The lowest BCUT2D eigenvalue weighted by molar-refractivity contribution is 0.394. The monoisotopic (exact) mass is 264 g/mol. The number of nitrogens with one attached hydrogen (secondary N) is 1. The lowest BCUT2D eigenvalue weighted by Gasteiger charge is -2.35. The maximum absolute atomic E-state index is 13.5. The number of benzene rings is 1. The highest BCUT2D eigenvalue weighted by atomic mass is 19.1. The van der Waals surface area contributed by atoms with Crippen molar-refractivity contribution in [3.05, 3.63) is 29.6 Å². The molecule has 0 spiro atoms. The van der Waals surface area contributed by atoms with Crippen LogP contribution in [0.1, 0.15) is 44.7 Å². The Hall–Kier alpha value is -1.09. The molecule has 1 heterocycles. The first-order valence-corrected chi connectivity index (χ1v) is 7.37. The minimum Gasteiger partial charge on any atom is -0.371 e. The van der Waals surface area contributed by atoms with Gasteiger partial charge in [0.25, 0.3) is 0 Å². The second-order valence-electron chi connectivity index (χ2n) is 5.55. The number of nitrogens with zero attached hydrogens (tertiary/aromatic N) is 1. The van der Waals surface area contributed by atoms with Crippen molar-refractivity contribution >= 4 is 5.69 Å². The lowest BCUT2D eigenvalue weighted by atomic mass is 9.93. The molecule has 0 amide bonds. The summed E-state index contributed by atoms with van der Waals surface area (Å²) in [7, 11) is 1.92. The zero-order chi connectivity index (χ0) is 13.8. The van der Waals surface area contributed by atoms with Gasteiger partial charge in [-0.3, -0.25) is 0 Å². The number of halogens is 1. The van der Waals surface area contributed by atoms with Gasteiger partial charge in [-0.1, -0.05) is 13.3 Å². The van der Waals surface area contributed by atoms with E-state index in [1.165, 1.54) is 24.9 Å². The third-order valence-electron chi connectivity index (χ3n) is 4.42. The molecule has 1 fully saturated rings. The molecule has 3 heteroatoms. The van der Waals surface area contributed by atoms with E-state index in [4.69, 9.17) is 0 Å². The van der Waals surface area contributed by atoms with Gasteiger partial charge < -0.3 is 10.2 Å². The summed E-state index contributed by atoms with van der Waals surface area (Å²) >= 11 is 0. The number of anilines is 1. The van der Waals surface area contributed by atoms with Gasteiger partial charge in [0.2, 0.25) is 0 Å². The molecular weight excluding hydrogens is 239 g/mol. The van der Waals surface area contributed by atoms with Gasteiger partial charge >= 0.3 is 0 Å². The van der Waals surface area contributed by atoms with Crippen LogP contribution in [0.25, 0.3) is 0 Å². The molecule has 0 aliphatic carbocycles. The van der Waals surface area contributed by atoms with E-state index in [1.807, 2.05) is 13.1 Å². The first-order chi connectivity index (χ1) is 9.15. The molecule has 1 N–H and O–H groups in total. The molecule has 1 atom stereocenters. The summed E-state index contributed by atoms with van der Waals surface area (Å²) in [6, 6.07) is 5.36. The molecule has 19 heavy (non-hydrogen) atoms. The van der Waals surface area contributed by atoms with Gasteiger partial charge in [0.15, 0.2) is 0 Å². The molecule has 1 saturated heterocycles. The Labute approximate surface area is 116 Å². The van der Waals surface area contributed by atoms with Crippen molar-refractivity contribution in [1.82, 2.24) is 5.32 Å². The number of rotatable bonds is 4. The lowest BCUT2D eigenvalue weighted by Crippen LogP contribution is -2.34. The van der Waals surface area contributed by atoms with Gasteiger partial charge in [-0.05, 0) is 56.5 Å². The fraction of sp³-hybridized carbons (Fsp3) is 0.625. The van der Waals surface area contributed by atoms with E-state index in [9.17, 15) is 4.39 Å². The van der Waals surface area contributed by atoms with Crippen molar-refractivity contribution in [1.29, 1.82) is 0 Å². The van der Waals surface area contributed by atoms with Crippen molar-refractivity contribution in [3.8, 4) is 0 Å². The van der Waals surface area contributed by atoms with Gasteiger partial charge in [-0.2, -0.15) is 0 Å². The van der Waals surface area contributed by atoms with Crippen LogP contribution < -0.4 is 10.2 Å². The number of piperidine rings is 1. The van der Waals surface area contributed by atoms with Crippen molar-refractivity contribution in [2.24, 2.45) is 5.92 Å². The van der Waals surface area contributed by atoms with Gasteiger partial charge in [0, 0.05) is 24.8 Å². The van der Waals surface area contributed by atoms with Gasteiger partial charge in [0.05, 0.1) is 0 Å². The highest BCUT2D eigenvalue weighted by Gasteiger charge is 2.21. The Morgan fingerprint density at radius 2 is 2.05 bits per heavy atom. The quantitative estimate of drug-likeness (QED) is 0.891. The molecule has 1 aromatic rings. The number of hydrogen-bond donors (Lipinski definition) is 1. The van der Waals surface area contributed by atoms with E-state index in [0.717, 1.165) is 24.6 Å². The summed E-state index contributed by atoms with van der Waals surface area (Å²) in [6.45, 7) is 6.53. The highest BCUT2D eigenvalue weighted by Crippen LogP contribution is 2.31. The Kier molecular flexibility index (Phi) is 4.81. The summed E-state index contributed by atoms with van der Waals surface area (Å²) in [5.74, 6) is 0.714. The Morgan fingerprint density at radius 1 is 1.37 bits per heavy atom. The third kappa shape index (κ3) is 3.27. The molecule has 2 nitrogen and oxygen atoms in total. The minimum absolute atomic E-state index is 0.149. The molecule has 1 unspecified atom stereocenters. The van der Waals surface area contributed by atoms with Crippen molar-refractivity contribution in [3.63, 3.8) is 0 Å². The Bertz CT molecular complexity index is 411. The predicted molar refractivity (Wildman–Crippen MR) is 79.1 cm³/mol. The van der Waals surface area contributed by atoms with Crippen LogP contribution in [0.2, 0.25) is 0 Å². The average Bonchev–Trinajstić information content (AvgIpc) is 2.46. The maximum Gasteiger partial charge on any atom is 0.123 e. The summed E-state index contributed by atoms with van der Waals surface area (Å²) < 4.78 is 13.5. The normalized spacial score (nSPS) is 18.6. The van der Waals surface area contributed by atoms with Gasteiger partial charge in [-0.25, -0.2) is 4.39 Å². The van der Waals surface area contributed by atoms with Crippen LogP contribution in [0.15, 0.2) is 18.2 Å². The predicted octanol–water partition coefficient (Wildman–Crippen LogP) is 3.73. The fourth-order valence-electron chi connectivity index (χ4n) is 2.90. The van der Waals surface area contributed by atoms with Crippen LogP contribution in [-0.4, -0.2) is 20.1 Å². The van der Waals surface area contributed by atoms with Gasteiger partial charge in [0.1, 0.15) is 5.82 Å². The van der Waals surface area contributed by atoms with E-state index < -0.39 is 0 Å². The maximum atomic E-state index is 13.5. The fourth-order valence-corrected chi connectivity index (χ4v) is 2.90. The molecule has 1 aliphatic heterocycles. The van der Waals surface area contributed by atoms with E-state index >= 15 is 0 Å². The van der Waals surface area contributed by atoms with Crippen molar-refractivity contribution in [2.75, 3.05) is 25.0 Å². The van der Waals surface area contributed by atoms with Gasteiger partial charge in [-0.15, -0.1) is 0 Å². The van der Waals surface area contributed by atoms with E-state index in [0.29, 0.717) is 0 Å². The summed E-state index contributed by atoms with van der Waals surface area (Å²) in [5.41, 5.74) is 2.26. The van der Waals surface area contributed by atoms with Crippen molar-refractivity contribution in [2.45, 2.75) is 39.2 Å². The molecule has 0 saturated carbocycles. The summed E-state index contributed by atoms with van der Waals surface area (Å²) in [5, 5.41) is 3.21. The minimum atomic E-state index is -0.149. The second kappa shape index (κ2) is 6.38. The zero-order valence-electron chi connectivity index (χ0n) is 12.2. The van der Waals surface area contributed by atoms with Crippen LogP contribution in [0, 0.1) is 11.7 Å². The van der Waals surface area contributed by atoms with Crippen LogP contribution in [0.5, 0.6) is 0 Å². The van der Waals surface area contributed by atoms with Crippen LogP contribution in [0.3, 0.4) is 0 Å². The first-order valence-electron chi connectivity index (χ1n) is 7.37. The molecule has 0 radical (unpaired) electrons.